The van der Waals surface area contributed by atoms with E-state index in [0.29, 0.717) is 5.82 Å². The lowest BCUT2D eigenvalue weighted by molar-refractivity contribution is -0.103. The third-order valence-electron chi connectivity index (χ3n) is 4.11. The molecule has 2 aliphatic heterocycles. The number of aliphatic hydroxyl groups excluding tert-OH is 1. The molecule has 1 aromatic rings. The molecule has 3 heterocycles. The zero-order chi connectivity index (χ0) is 13.3. The minimum atomic E-state index is -0.563. The van der Waals surface area contributed by atoms with E-state index in [1.54, 1.807) is 12.4 Å². The fourth-order valence-corrected chi connectivity index (χ4v) is 4.34. The van der Waals surface area contributed by atoms with Gasteiger partial charge in [0.2, 0.25) is 0 Å². The van der Waals surface area contributed by atoms with E-state index in [0.717, 1.165) is 37.2 Å². The number of hydrogen-bond donors (Lipinski definition) is 1. The van der Waals surface area contributed by atoms with Crippen LogP contribution in [-0.2, 0) is 4.74 Å². The molecule has 1 N–H and O–H groups in total. The second-order valence-electron chi connectivity index (χ2n) is 5.65. The predicted molar refractivity (Wildman–Crippen MR) is 75.1 cm³/mol. The van der Waals surface area contributed by atoms with Gasteiger partial charge in [-0.2, -0.15) is 11.8 Å². The highest BCUT2D eigenvalue weighted by atomic mass is 32.2. The van der Waals surface area contributed by atoms with Crippen LogP contribution in [-0.4, -0.2) is 38.8 Å². The van der Waals surface area contributed by atoms with Crippen molar-refractivity contribution in [1.29, 1.82) is 0 Å². The zero-order valence-corrected chi connectivity index (χ0v) is 12.0. The Hall–Kier alpha value is -0.650. The first kappa shape index (κ1) is 13.3. The molecule has 104 valence electrons. The zero-order valence-electron chi connectivity index (χ0n) is 11.2. The van der Waals surface area contributed by atoms with E-state index >= 15 is 0 Å². The summed E-state index contributed by atoms with van der Waals surface area (Å²) in [4.78, 5) is 8.52. The SMILES string of the molecule is Cc1cnc(C(O)C2CCOC3(CCSC3)C2)nc1. The Balaban J connectivity index is 1.72. The molecule has 4 nitrogen and oxygen atoms in total. The molecular weight excluding hydrogens is 260 g/mol. The van der Waals surface area contributed by atoms with E-state index in [-0.39, 0.29) is 11.5 Å². The quantitative estimate of drug-likeness (QED) is 0.899. The van der Waals surface area contributed by atoms with Crippen LogP contribution in [0.3, 0.4) is 0 Å². The molecule has 5 heteroatoms. The smallest absolute Gasteiger partial charge is 0.157 e. The first-order valence-corrected chi connectivity index (χ1v) is 8.02. The van der Waals surface area contributed by atoms with E-state index in [2.05, 4.69) is 9.97 Å². The molecule has 1 aromatic heterocycles. The van der Waals surface area contributed by atoms with Gasteiger partial charge in [0.1, 0.15) is 6.10 Å². The Labute approximate surface area is 118 Å². The fourth-order valence-electron chi connectivity index (χ4n) is 2.96. The standard InChI is InChI=1S/C14H20N2O2S/c1-10-7-15-13(16-8-10)12(17)11-2-4-18-14(6-11)3-5-19-9-14/h7-8,11-12,17H,2-6,9H2,1H3. The molecule has 0 radical (unpaired) electrons. The van der Waals surface area contributed by atoms with E-state index in [1.807, 2.05) is 18.7 Å². The number of nitrogens with zero attached hydrogens (tertiary/aromatic N) is 2. The highest BCUT2D eigenvalue weighted by Gasteiger charge is 2.42. The van der Waals surface area contributed by atoms with Crippen LogP contribution in [0.4, 0.5) is 0 Å². The van der Waals surface area contributed by atoms with Gasteiger partial charge in [-0.05, 0) is 43.4 Å². The van der Waals surface area contributed by atoms with Crippen LogP contribution in [0, 0.1) is 12.8 Å². The number of aromatic nitrogens is 2. The average molecular weight is 280 g/mol. The van der Waals surface area contributed by atoms with Gasteiger partial charge in [0.15, 0.2) is 5.82 Å². The van der Waals surface area contributed by atoms with Crippen molar-refractivity contribution in [2.75, 3.05) is 18.1 Å². The van der Waals surface area contributed by atoms with Crippen LogP contribution in [0.2, 0.25) is 0 Å². The maximum Gasteiger partial charge on any atom is 0.157 e. The highest BCUT2D eigenvalue weighted by Crippen LogP contribution is 2.43. The molecule has 3 unspecified atom stereocenters. The third kappa shape index (κ3) is 2.78. The molecule has 19 heavy (non-hydrogen) atoms. The largest absolute Gasteiger partial charge is 0.385 e. The molecule has 0 amide bonds. The van der Waals surface area contributed by atoms with E-state index < -0.39 is 6.10 Å². The van der Waals surface area contributed by atoms with Crippen molar-refractivity contribution in [3.63, 3.8) is 0 Å². The molecular formula is C14H20N2O2S. The molecule has 0 saturated carbocycles. The number of ether oxygens (including phenoxy) is 1. The number of rotatable bonds is 2. The molecule has 0 aromatic carbocycles. The molecule has 3 atom stereocenters. The van der Waals surface area contributed by atoms with Crippen molar-refractivity contribution in [3.05, 3.63) is 23.8 Å². The first-order chi connectivity index (χ1) is 9.19. The monoisotopic (exact) mass is 280 g/mol. The maximum absolute atomic E-state index is 10.5. The minimum Gasteiger partial charge on any atom is -0.385 e. The molecule has 1 spiro atoms. The Kier molecular flexibility index (Phi) is 3.78. The van der Waals surface area contributed by atoms with Crippen LogP contribution < -0.4 is 0 Å². The summed E-state index contributed by atoms with van der Waals surface area (Å²) < 4.78 is 5.99. The van der Waals surface area contributed by atoms with Crippen molar-refractivity contribution in [1.82, 2.24) is 9.97 Å². The third-order valence-corrected chi connectivity index (χ3v) is 5.33. The van der Waals surface area contributed by atoms with Crippen LogP contribution in [0.15, 0.2) is 12.4 Å². The van der Waals surface area contributed by atoms with E-state index in [1.165, 1.54) is 5.75 Å². The summed E-state index contributed by atoms with van der Waals surface area (Å²) in [5, 5.41) is 10.5. The number of hydrogen-bond acceptors (Lipinski definition) is 5. The van der Waals surface area contributed by atoms with Gasteiger partial charge in [-0.25, -0.2) is 9.97 Å². The van der Waals surface area contributed by atoms with Gasteiger partial charge in [0.25, 0.3) is 0 Å². The lowest BCUT2D eigenvalue weighted by atomic mass is 9.82. The van der Waals surface area contributed by atoms with E-state index in [9.17, 15) is 5.11 Å². The molecule has 0 aliphatic carbocycles. The summed E-state index contributed by atoms with van der Waals surface area (Å²) in [5.41, 5.74) is 1.02. The summed E-state index contributed by atoms with van der Waals surface area (Å²) >= 11 is 1.95. The molecule has 2 aliphatic rings. The van der Waals surface area contributed by atoms with Crippen LogP contribution in [0.1, 0.15) is 36.8 Å². The van der Waals surface area contributed by atoms with E-state index in [4.69, 9.17) is 4.74 Å². The topological polar surface area (TPSA) is 55.2 Å². The van der Waals surface area contributed by atoms with Gasteiger partial charge in [-0.15, -0.1) is 0 Å². The second kappa shape index (κ2) is 5.38. The van der Waals surface area contributed by atoms with Crippen LogP contribution in [0.5, 0.6) is 0 Å². The number of aliphatic hydroxyl groups is 1. The Bertz CT molecular complexity index is 432. The van der Waals surface area contributed by atoms with Gasteiger partial charge >= 0.3 is 0 Å². The molecule has 2 fully saturated rings. The van der Waals surface area contributed by atoms with Gasteiger partial charge in [0, 0.05) is 24.8 Å². The van der Waals surface area contributed by atoms with Crippen LogP contribution >= 0.6 is 11.8 Å². The van der Waals surface area contributed by atoms with Crippen molar-refractivity contribution < 1.29 is 9.84 Å². The number of aryl methyl sites for hydroxylation is 1. The van der Waals surface area contributed by atoms with Crippen molar-refractivity contribution >= 4 is 11.8 Å². The lowest BCUT2D eigenvalue weighted by Gasteiger charge is -2.39. The normalized spacial score (nSPS) is 32.6. The van der Waals surface area contributed by atoms with Gasteiger partial charge < -0.3 is 9.84 Å². The van der Waals surface area contributed by atoms with Gasteiger partial charge in [-0.3, -0.25) is 0 Å². The summed E-state index contributed by atoms with van der Waals surface area (Å²) in [6.07, 6.45) is 5.91. The van der Waals surface area contributed by atoms with Gasteiger partial charge in [0.05, 0.1) is 5.60 Å². The van der Waals surface area contributed by atoms with Crippen LogP contribution in [0.25, 0.3) is 0 Å². The highest BCUT2D eigenvalue weighted by molar-refractivity contribution is 7.99. The minimum absolute atomic E-state index is 0.000734. The number of thioether (sulfide) groups is 1. The molecule has 2 saturated heterocycles. The summed E-state index contributed by atoms with van der Waals surface area (Å²) in [5.74, 6) is 3.00. The first-order valence-electron chi connectivity index (χ1n) is 6.87. The molecule has 3 rings (SSSR count). The van der Waals surface area contributed by atoms with Crippen molar-refractivity contribution in [2.45, 2.75) is 37.9 Å². The summed E-state index contributed by atoms with van der Waals surface area (Å²) in [7, 11) is 0. The lowest BCUT2D eigenvalue weighted by Crippen LogP contribution is -2.41. The average Bonchev–Trinajstić information content (AvgIpc) is 2.87. The second-order valence-corrected chi connectivity index (χ2v) is 6.76. The maximum atomic E-state index is 10.5. The summed E-state index contributed by atoms with van der Waals surface area (Å²) in [6, 6.07) is 0. The Morgan fingerprint density at radius 1 is 1.47 bits per heavy atom. The fraction of sp³-hybridized carbons (Fsp3) is 0.714. The van der Waals surface area contributed by atoms with Crippen molar-refractivity contribution in [2.24, 2.45) is 5.92 Å². The predicted octanol–water partition coefficient (Wildman–Crippen LogP) is 2.12. The summed E-state index contributed by atoms with van der Waals surface area (Å²) in [6.45, 7) is 2.70. The van der Waals surface area contributed by atoms with Crippen molar-refractivity contribution in [3.8, 4) is 0 Å². The van der Waals surface area contributed by atoms with Gasteiger partial charge in [-0.1, -0.05) is 0 Å². The Morgan fingerprint density at radius 2 is 2.26 bits per heavy atom. The molecule has 0 bridgehead atoms. The Morgan fingerprint density at radius 3 is 2.95 bits per heavy atom.